The third-order valence-corrected chi connectivity index (χ3v) is 5.08. The van der Waals surface area contributed by atoms with E-state index in [0.717, 1.165) is 11.0 Å². The van der Waals surface area contributed by atoms with Crippen molar-refractivity contribution in [1.82, 2.24) is 24.8 Å². The van der Waals surface area contributed by atoms with Crippen molar-refractivity contribution in [3.63, 3.8) is 0 Å². The van der Waals surface area contributed by atoms with E-state index in [9.17, 15) is 9.90 Å². The van der Waals surface area contributed by atoms with Crippen molar-refractivity contribution < 1.29 is 14.6 Å². The lowest BCUT2D eigenvalue weighted by molar-refractivity contribution is 0.0919. The minimum Gasteiger partial charge on any atom is -0.437 e. The number of anilines is 2. The number of ether oxygens (including phenoxy) is 1. The molecule has 0 spiro atoms. The van der Waals surface area contributed by atoms with Crippen LogP contribution in [-0.2, 0) is 6.54 Å². The lowest BCUT2D eigenvalue weighted by Gasteiger charge is -2.20. The van der Waals surface area contributed by atoms with Crippen molar-refractivity contribution in [1.29, 1.82) is 0 Å². The van der Waals surface area contributed by atoms with Gasteiger partial charge in [0.15, 0.2) is 5.82 Å². The maximum Gasteiger partial charge on any atom is 0.251 e. The molecule has 0 saturated heterocycles. The SMILES string of the molecule is CC(C)(C)NC(=O)c1ccnc(Oc2ccc(Nc3ncnc4ccn(CCO)c34)cc2Cl)c1. The zero-order valence-electron chi connectivity index (χ0n) is 19.0. The van der Waals surface area contributed by atoms with Crippen molar-refractivity contribution >= 4 is 40.0 Å². The first kappa shape index (κ1) is 23.5. The Balaban J connectivity index is 1.53. The van der Waals surface area contributed by atoms with Crippen LogP contribution in [0, 0.1) is 0 Å². The molecule has 3 heterocycles. The maximum absolute atomic E-state index is 12.4. The van der Waals surface area contributed by atoms with E-state index in [4.69, 9.17) is 16.3 Å². The molecule has 9 nitrogen and oxygen atoms in total. The molecular formula is C24H25ClN6O3. The van der Waals surface area contributed by atoms with Crippen molar-refractivity contribution in [2.45, 2.75) is 32.9 Å². The lowest BCUT2D eigenvalue weighted by Crippen LogP contribution is -2.40. The Kier molecular flexibility index (Phi) is 6.67. The maximum atomic E-state index is 12.4. The molecule has 34 heavy (non-hydrogen) atoms. The molecule has 0 saturated carbocycles. The molecule has 0 atom stereocenters. The average molecular weight is 481 g/mol. The molecule has 0 unspecified atom stereocenters. The molecule has 10 heteroatoms. The number of benzene rings is 1. The van der Waals surface area contributed by atoms with Crippen LogP contribution < -0.4 is 15.4 Å². The Morgan fingerprint density at radius 3 is 2.71 bits per heavy atom. The van der Waals surface area contributed by atoms with Crippen LogP contribution in [0.4, 0.5) is 11.5 Å². The number of pyridine rings is 1. The second-order valence-corrected chi connectivity index (χ2v) is 9.06. The summed E-state index contributed by atoms with van der Waals surface area (Å²) in [7, 11) is 0. The highest BCUT2D eigenvalue weighted by Crippen LogP contribution is 2.33. The fourth-order valence-electron chi connectivity index (χ4n) is 3.35. The van der Waals surface area contributed by atoms with E-state index in [2.05, 4.69) is 25.6 Å². The van der Waals surface area contributed by atoms with E-state index < -0.39 is 0 Å². The van der Waals surface area contributed by atoms with Crippen molar-refractivity contribution in [3.05, 3.63) is 65.7 Å². The van der Waals surface area contributed by atoms with E-state index >= 15 is 0 Å². The summed E-state index contributed by atoms with van der Waals surface area (Å²) in [6.45, 7) is 6.17. The summed E-state index contributed by atoms with van der Waals surface area (Å²) in [5.41, 5.74) is 2.32. The van der Waals surface area contributed by atoms with Crippen molar-refractivity contribution in [3.8, 4) is 11.6 Å². The van der Waals surface area contributed by atoms with E-state index in [-0.39, 0.29) is 23.9 Å². The first-order valence-electron chi connectivity index (χ1n) is 10.7. The van der Waals surface area contributed by atoms with Gasteiger partial charge in [-0.05, 0) is 51.1 Å². The van der Waals surface area contributed by atoms with E-state index in [1.165, 1.54) is 12.5 Å². The second-order valence-electron chi connectivity index (χ2n) is 8.65. The van der Waals surface area contributed by atoms with E-state index in [1.54, 1.807) is 30.3 Å². The van der Waals surface area contributed by atoms with Gasteiger partial charge in [0.1, 0.15) is 17.6 Å². The van der Waals surface area contributed by atoms with Crippen LogP contribution in [0.25, 0.3) is 11.0 Å². The number of halogens is 1. The molecule has 3 aromatic heterocycles. The first-order chi connectivity index (χ1) is 16.2. The number of nitrogens with one attached hydrogen (secondary N) is 2. The molecule has 0 aliphatic heterocycles. The van der Waals surface area contributed by atoms with Crippen LogP contribution in [0.15, 0.2) is 55.1 Å². The minimum absolute atomic E-state index is 0.00305. The highest BCUT2D eigenvalue weighted by atomic mass is 35.5. The third-order valence-electron chi connectivity index (χ3n) is 4.79. The largest absolute Gasteiger partial charge is 0.437 e. The quantitative estimate of drug-likeness (QED) is 0.356. The monoisotopic (exact) mass is 480 g/mol. The number of rotatable bonds is 7. The Hall–Kier alpha value is -3.69. The highest BCUT2D eigenvalue weighted by Gasteiger charge is 2.17. The predicted molar refractivity (Wildman–Crippen MR) is 131 cm³/mol. The molecule has 0 aliphatic rings. The highest BCUT2D eigenvalue weighted by molar-refractivity contribution is 6.32. The lowest BCUT2D eigenvalue weighted by atomic mass is 10.1. The van der Waals surface area contributed by atoms with Gasteiger partial charge in [-0.15, -0.1) is 0 Å². The Morgan fingerprint density at radius 2 is 1.97 bits per heavy atom. The third kappa shape index (κ3) is 5.44. The smallest absolute Gasteiger partial charge is 0.251 e. The number of fused-ring (bicyclic) bond motifs is 1. The number of aliphatic hydroxyl groups is 1. The van der Waals surface area contributed by atoms with Crippen LogP contribution in [0.2, 0.25) is 5.02 Å². The number of aliphatic hydroxyl groups excluding tert-OH is 1. The molecule has 0 aliphatic carbocycles. The summed E-state index contributed by atoms with van der Waals surface area (Å²) in [5.74, 6) is 1.02. The molecule has 4 aromatic rings. The zero-order valence-corrected chi connectivity index (χ0v) is 19.8. The molecule has 0 radical (unpaired) electrons. The summed E-state index contributed by atoms with van der Waals surface area (Å²) in [6.07, 6.45) is 4.84. The normalized spacial score (nSPS) is 11.4. The molecule has 3 N–H and O–H groups in total. The van der Waals surface area contributed by atoms with Crippen LogP contribution >= 0.6 is 11.6 Å². The summed E-state index contributed by atoms with van der Waals surface area (Å²) >= 11 is 6.47. The number of carbonyl (C=O) groups excluding carboxylic acids is 1. The van der Waals surface area contributed by atoms with Gasteiger partial charge in [0.05, 0.1) is 17.1 Å². The topological polar surface area (TPSA) is 114 Å². The van der Waals surface area contributed by atoms with Crippen LogP contribution in [0.1, 0.15) is 31.1 Å². The zero-order chi connectivity index (χ0) is 24.3. The van der Waals surface area contributed by atoms with Gasteiger partial charge in [0, 0.05) is 41.8 Å². The molecule has 176 valence electrons. The van der Waals surface area contributed by atoms with Gasteiger partial charge in [0.25, 0.3) is 5.91 Å². The number of aromatic nitrogens is 4. The van der Waals surface area contributed by atoms with Crippen LogP contribution in [0.5, 0.6) is 11.6 Å². The van der Waals surface area contributed by atoms with Gasteiger partial charge in [-0.3, -0.25) is 4.79 Å². The second kappa shape index (κ2) is 9.66. The summed E-state index contributed by atoms with van der Waals surface area (Å²) in [5, 5.41) is 15.8. The standard InChI is InChI=1S/C24H25ClN6O3/c1-24(2,3)30-23(33)15-6-8-26-20(12-15)34-19-5-4-16(13-17(19)25)29-22-21-18(27-14-28-22)7-9-31(21)10-11-32/h4-9,12-14,32H,10-11H2,1-3H3,(H,30,33)(H,27,28,29). The molecular weight excluding hydrogens is 456 g/mol. The fourth-order valence-corrected chi connectivity index (χ4v) is 3.57. The first-order valence-corrected chi connectivity index (χ1v) is 11.0. The average Bonchev–Trinajstić information content (AvgIpc) is 3.19. The van der Waals surface area contributed by atoms with Gasteiger partial charge in [0.2, 0.25) is 5.88 Å². The van der Waals surface area contributed by atoms with E-state index in [1.807, 2.05) is 37.6 Å². The molecule has 0 bridgehead atoms. The number of amides is 1. The number of hydrogen-bond acceptors (Lipinski definition) is 7. The van der Waals surface area contributed by atoms with Crippen LogP contribution in [0.3, 0.4) is 0 Å². The van der Waals surface area contributed by atoms with Crippen molar-refractivity contribution in [2.75, 3.05) is 11.9 Å². The van der Waals surface area contributed by atoms with Gasteiger partial charge in [-0.2, -0.15) is 0 Å². The molecule has 1 amide bonds. The Labute approximate surface area is 201 Å². The van der Waals surface area contributed by atoms with Crippen LogP contribution in [-0.4, -0.2) is 42.7 Å². The number of carbonyl (C=O) groups is 1. The Bertz CT molecular complexity index is 1330. The van der Waals surface area contributed by atoms with Crippen molar-refractivity contribution in [2.24, 2.45) is 0 Å². The minimum atomic E-state index is -0.359. The summed E-state index contributed by atoms with van der Waals surface area (Å²) in [6, 6.07) is 10.3. The number of hydrogen-bond donors (Lipinski definition) is 3. The summed E-state index contributed by atoms with van der Waals surface area (Å²) < 4.78 is 7.72. The molecule has 4 rings (SSSR count). The fraction of sp³-hybridized carbons (Fsp3) is 0.250. The van der Waals surface area contributed by atoms with E-state index in [0.29, 0.717) is 34.4 Å². The number of nitrogens with zero attached hydrogens (tertiary/aromatic N) is 4. The van der Waals surface area contributed by atoms with Gasteiger partial charge in [-0.25, -0.2) is 15.0 Å². The predicted octanol–water partition coefficient (Wildman–Crippen LogP) is 4.54. The molecule has 0 fully saturated rings. The molecule has 1 aromatic carbocycles. The van der Waals surface area contributed by atoms with Gasteiger partial charge in [-0.1, -0.05) is 11.6 Å². The summed E-state index contributed by atoms with van der Waals surface area (Å²) in [4.78, 5) is 25.2. The van der Waals surface area contributed by atoms with Gasteiger partial charge < -0.3 is 25.0 Å². The Morgan fingerprint density at radius 1 is 1.15 bits per heavy atom. The van der Waals surface area contributed by atoms with Gasteiger partial charge >= 0.3 is 0 Å².